The number of rotatable bonds is 17. The Morgan fingerprint density at radius 3 is 1.56 bits per heavy atom. The van der Waals surface area contributed by atoms with Crippen molar-refractivity contribution in [3.8, 4) is 28.0 Å². The molecule has 1 unspecified atom stereocenters. The van der Waals surface area contributed by atoms with Gasteiger partial charge in [-0.2, -0.15) is 0 Å². The van der Waals surface area contributed by atoms with E-state index in [1.54, 1.807) is 7.11 Å². The summed E-state index contributed by atoms with van der Waals surface area (Å²) in [4.78, 5) is 0. The van der Waals surface area contributed by atoms with Crippen LogP contribution in [0.25, 0.3) is 22.3 Å². The molecule has 1 atom stereocenters. The van der Waals surface area contributed by atoms with E-state index in [1.165, 1.54) is 92.0 Å². The van der Waals surface area contributed by atoms with Crippen molar-refractivity contribution in [1.82, 2.24) is 0 Å². The third-order valence-electron chi connectivity index (χ3n) is 7.13. The van der Waals surface area contributed by atoms with Crippen molar-refractivity contribution in [3.63, 3.8) is 0 Å². The van der Waals surface area contributed by atoms with Crippen molar-refractivity contribution < 1.29 is 9.47 Å². The van der Waals surface area contributed by atoms with Gasteiger partial charge in [0.2, 0.25) is 0 Å². The minimum atomic E-state index is 0.124. The lowest BCUT2D eigenvalue weighted by Crippen LogP contribution is -2.02. The highest BCUT2D eigenvalue weighted by molar-refractivity contribution is 5.83. The zero-order chi connectivity index (χ0) is 25.4. The van der Waals surface area contributed by atoms with E-state index in [0.717, 1.165) is 18.8 Å². The maximum absolute atomic E-state index is 6.16. The van der Waals surface area contributed by atoms with Gasteiger partial charge in [-0.25, -0.2) is 0 Å². The zero-order valence-corrected chi connectivity index (χ0v) is 22.8. The van der Waals surface area contributed by atoms with Gasteiger partial charge in [0.1, 0.15) is 5.75 Å². The summed E-state index contributed by atoms with van der Waals surface area (Å²) >= 11 is 0. The van der Waals surface area contributed by atoms with Crippen LogP contribution in [0.4, 0.5) is 0 Å². The van der Waals surface area contributed by atoms with Crippen molar-refractivity contribution in [2.75, 3.05) is 13.7 Å². The molecular formula is C34H46O2. The maximum atomic E-state index is 6.16. The first kappa shape index (κ1) is 28.0. The molecule has 194 valence electrons. The van der Waals surface area contributed by atoms with E-state index >= 15 is 0 Å². The second kappa shape index (κ2) is 16.2. The zero-order valence-electron chi connectivity index (χ0n) is 22.8. The molecule has 0 saturated heterocycles. The summed E-state index contributed by atoms with van der Waals surface area (Å²) in [5, 5.41) is 0. The van der Waals surface area contributed by atoms with E-state index in [1.807, 2.05) is 12.1 Å². The van der Waals surface area contributed by atoms with Crippen LogP contribution in [0.1, 0.15) is 96.1 Å². The van der Waals surface area contributed by atoms with Gasteiger partial charge in [-0.15, -0.1) is 0 Å². The van der Waals surface area contributed by atoms with Gasteiger partial charge in [-0.3, -0.25) is 0 Å². The first-order valence-corrected chi connectivity index (χ1v) is 14.2. The van der Waals surface area contributed by atoms with Crippen LogP contribution in [0.3, 0.4) is 0 Å². The van der Waals surface area contributed by atoms with Crippen molar-refractivity contribution in [3.05, 3.63) is 78.4 Å². The second-order valence-corrected chi connectivity index (χ2v) is 9.94. The molecule has 0 spiro atoms. The Morgan fingerprint density at radius 1 is 0.583 bits per heavy atom. The molecule has 0 heterocycles. The highest BCUT2D eigenvalue weighted by Gasteiger charge is 2.10. The Bertz CT molecular complexity index is 975. The number of hydrogen-bond acceptors (Lipinski definition) is 2. The topological polar surface area (TPSA) is 18.5 Å². The summed E-state index contributed by atoms with van der Waals surface area (Å²) in [5.74, 6) is 0.878. The molecule has 3 aromatic carbocycles. The van der Waals surface area contributed by atoms with E-state index in [2.05, 4.69) is 74.5 Å². The first-order chi connectivity index (χ1) is 17.7. The fourth-order valence-corrected chi connectivity index (χ4v) is 4.81. The first-order valence-electron chi connectivity index (χ1n) is 14.2. The molecule has 0 aliphatic carbocycles. The van der Waals surface area contributed by atoms with Gasteiger partial charge in [0.05, 0.1) is 13.2 Å². The predicted molar refractivity (Wildman–Crippen MR) is 155 cm³/mol. The molecule has 0 N–H and O–H groups in total. The molecule has 2 nitrogen and oxygen atoms in total. The number of hydrogen-bond donors (Lipinski definition) is 0. The highest BCUT2D eigenvalue weighted by Crippen LogP contribution is 2.33. The summed E-state index contributed by atoms with van der Waals surface area (Å²) in [6.45, 7) is 5.30. The van der Waals surface area contributed by atoms with Crippen LogP contribution in [-0.4, -0.2) is 13.7 Å². The Labute approximate surface area is 220 Å². The van der Waals surface area contributed by atoms with Crippen LogP contribution in [0.5, 0.6) is 5.75 Å². The van der Waals surface area contributed by atoms with Gasteiger partial charge in [0.15, 0.2) is 0 Å². The Morgan fingerprint density at radius 2 is 1.06 bits per heavy atom. The van der Waals surface area contributed by atoms with Crippen molar-refractivity contribution in [2.24, 2.45) is 0 Å². The Kier molecular flexibility index (Phi) is 12.6. The van der Waals surface area contributed by atoms with Gasteiger partial charge >= 0.3 is 0 Å². The van der Waals surface area contributed by atoms with Gasteiger partial charge in [0.25, 0.3) is 0 Å². The maximum Gasteiger partial charge on any atom is 0.118 e. The van der Waals surface area contributed by atoms with E-state index < -0.39 is 0 Å². The summed E-state index contributed by atoms with van der Waals surface area (Å²) in [6.07, 6.45) is 15.1. The van der Waals surface area contributed by atoms with Crippen LogP contribution in [-0.2, 0) is 4.74 Å². The average Bonchev–Trinajstić information content (AvgIpc) is 2.93. The lowest BCUT2D eigenvalue weighted by Gasteiger charge is -2.15. The molecule has 0 saturated carbocycles. The summed E-state index contributed by atoms with van der Waals surface area (Å²) in [5.41, 5.74) is 6.13. The highest BCUT2D eigenvalue weighted by atomic mass is 16.5. The quantitative estimate of drug-likeness (QED) is 0.177. The van der Waals surface area contributed by atoms with Crippen molar-refractivity contribution >= 4 is 0 Å². The van der Waals surface area contributed by atoms with Gasteiger partial charge in [-0.1, -0.05) is 132 Å². The summed E-state index contributed by atoms with van der Waals surface area (Å²) < 4.78 is 11.5. The third kappa shape index (κ3) is 9.13. The van der Waals surface area contributed by atoms with Gasteiger partial charge in [0, 0.05) is 6.61 Å². The minimum absolute atomic E-state index is 0.124. The molecule has 3 rings (SSSR count). The average molecular weight is 487 g/mol. The second-order valence-electron chi connectivity index (χ2n) is 9.94. The smallest absolute Gasteiger partial charge is 0.118 e. The van der Waals surface area contributed by atoms with E-state index in [9.17, 15) is 0 Å². The van der Waals surface area contributed by atoms with E-state index in [0.29, 0.717) is 0 Å². The minimum Gasteiger partial charge on any atom is -0.497 e. The molecule has 0 aliphatic rings. The van der Waals surface area contributed by atoms with Crippen LogP contribution in [0.15, 0.2) is 72.8 Å². The molecule has 0 amide bonds. The molecule has 0 bridgehead atoms. The molecule has 0 radical (unpaired) electrons. The molecule has 0 aromatic heterocycles. The fraction of sp³-hybridized carbons (Fsp3) is 0.471. The Balaban J connectivity index is 1.41. The predicted octanol–water partition coefficient (Wildman–Crippen LogP) is 10.4. The van der Waals surface area contributed by atoms with Gasteiger partial charge < -0.3 is 9.47 Å². The normalized spacial score (nSPS) is 12.0. The standard InChI is InChI=1S/C34H46O2/c1-4-5-6-7-8-9-10-11-12-13-16-27-36-28(2)29-19-21-30(22-20-29)33-17-14-15-18-34(33)31-23-25-32(35-3)26-24-31/h14-15,17-26,28H,4-13,16,27H2,1-3H3. The van der Waals surface area contributed by atoms with Gasteiger partial charge in [-0.05, 0) is 53.3 Å². The molecule has 2 heteroatoms. The SMILES string of the molecule is CCCCCCCCCCCCCOC(C)c1ccc(-c2ccccc2-c2ccc(OC)cc2)cc1. The fourth-order valence-electron chi connectivity index (χ4n) is 4.81. The number of benzene rings is 3. The third-order valence-corrected chi connectivity index (χ3v) is 7.13. The summed E-state index contributed by atoms with van der Waals surface area (Å²) in [6, 6.07) is 25.7. The van der Waals surface area contributed by atoms with Crippen LogP contribution >= 0.6 is 0 Å². The van der Waals surface area contributed by atoms with Crippen molar-refractivity contribution in [1.29, 1.82) is 0 Å². The summed E-state index contributed by atoms with van der Waals surface area (Å²) in [7, 11) is 1.70. The molecule has 0 fully saturated rings. The van der Waals surface area contributed by atoms with E-state index in [4.69, 9.17) is 9.47 Å². The molecule has 36 heavy (non-hydrogen) atoms. The molecule has 0 aliphatic heterocycles. The lowest BCUT2D eigenvalue weighted by molar-refractivity contribution is 0.0627. The number of unbranched alkanes of at least 4 members (excludes halogenated alkanes) is 10. The van der Waals surface area contributed by atoms with Crippen LogP contribution < -0.4 is 4.74 Å². The molecular weight excluding hydrogens is 440 g/mol. The van der Waals surface area contributed by atoms with Crippen LogP contribution in [0.2, 0.25) is 0 Å². The van der Waals surface area contributed by atoms with Crippen molar-refractivity contribution in [2.45, 2.75) is 90.6 Å². The lowest BCUT2D eigenvalue weighted by atomic mass is 9.94. The largest absolute Gasteiger partial charge is 0.497 e. The molecule has 3 aromatic rings. The Hall–Kier alpha value is -2.58. The number of methoxy groups -OCH3 is 1. The van der Waals surface area contributed by atoms with E-state index in [-0.39, 0.29) is 6.10 Å². The monoisotopic (exact) mass is 486 g/mol. The number of ether oxygens (including phenoxy) is 2. The van der Waals surface area contributed by atoms with Crippen LogP contribution in [0, 0.1) is 0 Å².